The number of alkyl halides is 3. The molecule has 0 spiro atoms. The van der Waals surface area contributed by atoms with Crippen molar-refractivity contribution in [2.24, 2.45) is 0 Å². The molecule has 0 amide bonds. The maximum absolute atomic E-state index is 12.6. The van der Waals surface area contributed by atoms with Crippen molar-refractivity contribution in [3.63, 3.8) is 0 Å². The standard InChI is InChI=1S/C12H10F3N3O3/c1-7-4-9(21-17-7)6-16-10-3-2-8(12(13,14)15)5-11(10)18(19)20/h2-5,16H,6H2,1H3. The number of halogens is 3. The van der Waals surface area contributed by atoms with Gasteiger partial charge in [-0.05, 0) is 19.1 Å². The maximum atomic E-state index is 12.6. The summed E-state index contributed by atoms with van der Waals surface area (Å²) in [6.07, 6.45) is -4.63. The highest BCUT2D eigenvalue weighted by Gasteiger charge is 2.33. The normalized spacial score (nSPS) is 11.4. The number of aromatic nitrogens is 1. The third-order valence-electron chi connectivity index (χ3n) is 2.65. The quantitative estimate of drug-likeness (QED) is 0.690. The van der Waals surface area contributed by atoms with Crippen LogP contribution in [0.1, 0.15) is 17.0 Å². The molecule has 0 aliphatic carbocycles. The summed E-state index contributed by atoms with van der Waals surface area (Å²) in [5, 5.41) is 17.2. The summed E-state index contributed by atoms with van der Waals surface area (Å²) in [6, 6.07) is 3.90. The monoisotopic (exact) mass is 301 g/mol. The van der Waals surface area contributed by atoms with E-state index in [2.05, 4.69) is 10.5 Å². The molecule has 1 aromatic heterocycles. The lowest BCUT2D eigenvalue weighted by Crippen LogP contribution is -2.08. The van der Waals surface area contributed by atoms with Gasteiger partial charge in [0.15, 0.2) is 5.76 Å². The molecule has 21 heavy (non-hydrogen) atoms. The smallest absolute Gasteiger partial charge is 0.372 e. The molecular weight excluding hydrogens is 291 g/mol. The number of hydrogen-bond donors (Lipinski definition) is 1. The van der Waals surface area contributed by atoms with Gasteiger partial charge in [-0.2, -0.15) is 13.2 Å². The fraction of sp³-hybridized carbons (Fsp3) is 0.250. The minimum absolute atomic E-state index is 0.0259. The van der Waals surface area contributed by atoms with Crippen LogP contribution in [0.3, 0.4) is 0 Å². The first-order chi connectivity index (χ1) is 9.77. The molecule has 0 unspecified atom stereocenters. The van der Waals surface area contributed by atoms with Crippen LogP contribution < -0.4 is 5.32 Å². The summed E-state index contributed by atoms with van der Waals surface area (Å²) < 4.78 is 42.6. The third-order valence-corrected chi connectivity index (χ3v) is 2.65. The average molecular weight is 301 g/mol. The zero-order chi connectivity index (χ0) is 15.6. The molecule has 0 bridgehead atoms. The molecule has 0 fully saturated rings. The van der Waals surface area contributed by atoms with Crippen molar-refractivity contribution in [3.8, 4) is 0 Å². The van der Waals surface area contributed by atoms with Gasteiger partial charge in [0.2, 0.25) is 0 Å². The molecule has 1 N–H and O–H groups in total. The lowest BCUT2D eigenvalue weighted by molar-refractivity contribution is -0.384. The molecule has 2 rings (SSSR count). The average Bonchev–Trinajstić information content (AvgIpc) is 2.80. The van der Waals surface area contributed by atoms with E-state index >= 15 is 0 Å². The van der Waals surface area contributed by atoms with Crippen LogP contribution in [0.15, 0.2) is 28.8 Å². The van der Waals surface area contributed by atoms with E-state index in [-0.39, 0.29) is 12.2 Å². The van der Waals surface area contributed by atoms with Crippen molar-refractivity contribution in [3.05, 3.63) is 51.4 Å². The molecule has 9 heteroatoms. The van der Waals surface area contributed by atoms with Crippen LogP contribution in [0.25, 0.3) is 0 Å². The first-order valence-electron chi connectivity index (χ1n) is 5.79. The minimum atomic E-state index is -4.63. The van der Waals surface area contributed by atoms with Gasteiger partial charge in [0.1, 0.15) is 5.69 Å². The lowest BCUT2D eigenvalue weighted by atomic mass is 10.1. The van der Waals surface area contributed by atoms with Crippen LogP contribution in [-0.4, -0.2) is 10.1 Å². The Morgan fingerprint density at radius 2 is 2.10 bits per heavy atom. The number of hydrogen-bond acceptors (Lipinski definition) is 5. The van der Waals surface area contributed by atoms with Gasteiger partial charge in [-0.3, -0.25) is 10.1 Å². The highest BCUT2D eigenvalue weighted by molar-refractivity contribution is 5.62. The van der Waals surface area contributed by atoms with Crippen molar-refractivity contribution in [1.29, 1.82) is 0 Å². The molecule has 0 saturated heterocycles. The number of anilines is 1. The van der Waals surface area contributed by atoms with Gasteiger partial charge >= 0.3 is 6.18 Å². The van der Waals surface area contributed by atoms with Gasteiger partial charge in [-0.15, -0.1) is 0 Å². The van der Waals surface area contributed by atoms with E-state index in [9.17, 15) is 23.3 Å². The Morgan fingerprint density at radius 3 is 2.62 bits per heavy atom. The van der Waals surface area contributed by atoms with Crippen molar-refractivity contribution in [1.82, 2.24) is 5.16 Å². The fourth-order valence-electron chi connectivity index (χ4n) is 1.69. The molecule has 6 nitrogen and oxygen atoms in total. The predicted octanol–water partition coefficient (Wildman–Crippen LogP) is 3.52. The fourth-order valence-corrected chi connectivity index (χ4v) is 1.69. The molecule has 0 saturated carbocycles. The Kier molecular flexibility index (Phi) is 3.83. The van der Waals surface area contributed by atoms with E-state index in [4.69, 9.17) is 4.52 Å². The Bertz CT molecular complexity index is 667. The SMILES string of the molecule is Cc1cc(CNc2ccc(C(F)(F)F)cc2[N+](=O)[O-])on1. The second-order valence-corrected chi connectivity index (χ2v) is 4.27. The topological polar surface area (TPSA) is 81.2 Å². The van der Waals surface area contributed by atoms with Crippen molar-refractivity contribution >= 4 is 11.4 Å². The Morgan fingerprint density at radius 1 is 1.38 bits per heavy atom. The molecule has 2 aromatic rings. The van der Waals surface area contributed by atoms with Gasteiger partial charge in [0, 0.05) is 12.1 Å². The number of rotatable bonds is 4. The molecule has 0 radical (unpaired) electrons. The molecule has 112 valence electrons. The van der Waals surface area contributed by atoms with Crippen molar-refractivity contribution in [2.45, 2.75) is 19.6 Å². The maximum Gasteiger partial charge on any atom is 0.416 e. The van der Waals surface area contributed by atoms with Gasteiger partial charge in [0.25, 0.3) is 5.69 Å². The van der Waals surface area contributed by atoms with Crippen LogP contribution in [0.5, 0.6) is 0 Å². The Hall–Kier alpha value is -2.58. The number of nitro groups is 1. The number of nitrogens with zero attached hydrogens (tertiary/aromatic N) is 2. The van der Waals surface area contributed by atoms with Crippen LogP contribution in [-0.2, 0) is 12.7 Å². The zero-order valence-electron chi connectivity index (χ0n) is 10.8. The highest BCUT2D eigenvalue weighted by Crippen LogP contribution is 2.35. The van der Waals surface area contributed by atoms with Crippen LogP contribution in [0, 0.1) is 17.0 Å². The van der Waals surface area contributed by atoms with Gasteiger partial charge in [-0.25, -0.2) is 0 Å². The van der Waals surface area contributed by atoms with E-state index < -0.39 is 22.4 Å². The van der Waals surface area contributed by atoms with Crippen molar-refractivity contribution in [2.75, 3.05) is 5.32 Å². The summed E-state index contributed by atoms with van der Waals surface area (Å²) >= 11 is 0. The Labute approximate surface area is 116 Å². The minimum Gasteiger partial charge on any atom is -0.372 e. The molecule has 0 aliphatic rings. The summed E-state index contributed by atoms with van der Waals surface area (Å²) in [6.45, 7) is 1.78. The van der Waals surface area contributed by atoms with Crippen LogP contribution >= 0.6 is 0 Å². The van der Waals surface area contributed by atoms with Crippen LogP contribution in [0.4, 0.5) is 24.5 Å². The third kappa shape index (κ3) is 3.50. The van der Waals surface area contributed by atoms with E-state index in [0.29, 0.717) is 17.5 Å². The summed E-state index contributed by atoms with van der Waals surface area (Å²) in [5.41, 5.74) is -1.12. The summed E-state index contributed by atoms with van der Waals surface area (Å²) in [7, 11) is 0. The predicted molar refractivity (Wildman–Crippen MR) is 66.7 cm³/mol. The number of nitro benzene ring substituents is 1. The molecular formula is C12H10F3N3O3. The zero-order valence-corrected chi connectivity index (χ0v) is 10.8. The highest BCUT2D eigenvalue weighted by atomic mass is 19.4. The molecule has 0 atom stereocenters. The second kappa shape index (κ2) is 5.43. The van der Waals surface area contributed by atoms with Gasteiger partial charge in [-0.1, -0.05) is 5.16 Å². The molecule has 1 heterocycles. The van der Waals surface area contributed by atoms with Crippen molar-refractivity contribution < 1.29 is 22.6 Å². The number of aryl methyl sites for hydroxylation is 1. The van der Waals surface area contributed by atoms with E-state index in [1.807, 2.05) is 0 Å². The van der Waals surface area contributed by atoms with Gasteiger partial charge < -0.3 is 9.84 Å². The van der Waals surface area contributed by atoms with Crippen LogP contribution in [0.2, 0.25) is 0 Å². The number of nitrogens with one attached hydrogen (secondary N) is 1. The van der Waals surface area contributed by atoms with E-state index in [1.165, 1.54) is 0 Å². The summed E-state index contributed by atoms with van der Waals surface area (Å²) in [4.78, 5) is 10.0. The van der Waals surface area contributed by atoms with E-state index in [1.54, 1.807) is 13.0 Å². The first kappa shape index (κ1) is 14.8. The van der Waals surface area contributed by atoms with E-state index in [0.717, 1.165) is 12.1 Å². The first-order valence-corrected chi connectivity index (χ1v) is 5.79. The number of benzene rings is 1. The molecule has 1 aromatic carbocycles. The second-order valence-electron chi connectivity index (χ2n) is 4.27. The Balaban J connectivity index is 2.24. The lowest BCUT2D eigenvalue weighted by Gasteiger charge is -2.09. The molecule has 0 aliphatic heterocycles. The largest absolute Gasteiger partial charge is 0.416 e. The summed E-state index contributed by atoms with van der Waals surface area (Å²) in [5.74, 6) is 0.418. The van der Waals surface area contributed by atoms with Gasteiger partial charge in [0.05, 0.1) is 22.7 Å².